The minimum atomic E-state index is 0.129. The van der Waals surface area contributed by atoms with Gasteiger partial charge in [0.15, 0.2) is 0 Å². The van der Waals surface area contributed by atoms with E-state index in [0.717, 1.165) is 19.5 Å². The number of hydrogen-bond donors (Lipinski definition) is 1. The van der Waals surface area contributed by atoms with Crippen LogP contribution in [0.3, 0.4) is 0 Å². The van der Waals surface area contributed by atoms with Crippen molar-refractivity contribution in [2.75, 3.05) is 19.6 Å². The summed E-state index contributed by atoms with van der Waals surface area (Å²) in [4.78, 5) is 13.3. The Morgan fingerprint density at radius 3 is 2.83 bits per heavy atom. The van der Waals surface area contributed by atoms with E-state index in [1.54, 1.807) is 0 Å². The van der Waals surface area contributed by atoms with Gasteiger partial charge in [0, 0.05) is 12.1 Å². The molecule has 1 saturated heterocycles. The van der Waals surface area contributed by atoms with Crippen LogP contribution in [-0.4, -0.2) is 36.0 Å². The Hall–Kier alpha value is -0.570. The predicted octanol–water partition coefficient (Wildman–Crippen LogP) is 0.607. The van der Waals surface area contributed by atoms with Crippen LogP contribution in [0.2, 0.25) is 0 Å². The van der Waals surface area contributed by atoms with Gasteiger partial charge in [0.25, 0.3) is 0 Å². The van der Waals surface area contributed by atoms with Crippen LogP contribution in [0.1, 0.15) is 27.2 Å². The highest BCUT2D eigenvalue weighted by atomic mass is 16.2. The second kappa shape index (κ2) is 3.44. The molecule has 0 aromatic carbocycles. The van der Waals surface area contributed by atoms with Crippen LogP contribution >= 0.6 is 0 Å². The van der Waals surface area contributed by atoms with Gasteiger partial charge in [0.1, 0.15) is 0 Å². The number of carbonyl (C=O) groups excluding carboxylic acids is 1. The lowest BCUT2D eigenvalue weighted by Crippen LogP contribution is -2.60. The number of rotatable bonds is 2. The third-order valence-corrected chi connectivity index (χ3v) is 2.40. The van der Waals surface area contributed by atoms with E-state index in [9.17, 15) is 4.79 Å². The second-order valence-electron chi connectivity index (χ2n) is 4.01. The molecular weight excluding hydrogens is 152 g/mol. The first-order valence-electron chi connectivity index (χ1n) is 4.58. The minimum absolute atomic E-state index is 0.129. The predicted molar refractivity (Wildman–Crippen MR) is 49.0 cm³/mol. The third kappa shape index (κ3) is 1.97. The second-order valence-corrected chi connectivity index (χ2v) is 4.01. The maximum atomic E-state index is 11.1. The van der Waals surface area contributed by atoms with Crippen LogP contribution in [0.5, 0.6) is 0 Å². The van der Waals surface area contributed by atoms with Crippen LogP contribution in [-0.2, 0) is 4.79 Å². The molecule has 0 unspecified atom stereocenters. The molecule has 0 spiro atoms. The van der Waals surface area contributed by atoms with E-state index in [2.05, 4.69) is 31.0 Å². The van der Waals surface area contributed by atoms with Crippen LogP contribution in [0.15, 0.2) is 0 Å². The van der Waals surface area contributed by atoms with Gasteiger partial charge in [0.2, 0.25) is 5.91 Å². The van der Waals surface area contributed by atoms with Crippen molar-refractivity contribution in [2.24, 2.45) is 0 Å². The van der Waals surface area contributed by atoms with E-state index in [1.165, 1.54) is 0 Å². The lowest BCUT2D eigenvalue weighted by Gasteiger charge is -2.41. The molecule has 1 aliphatic rings. The molecule has 0 atom stereocenters. The molecule has 0 saturated carbocycles. The van der Waals surface area contributed by atoms with E-state index in [4.69, 9.17) is 0 Å². The minimum Gasteiger partial charge on any atom is -0.353 e. The Morgan fingerprint density at radius 1 is 1.58 bits per heavy atom. The van der Waals surface area contributed by atoms with Gasteiger partial charge in [-0.1, -0.05) is 6.92 Å². The molecule has 0 radical (unpaired) electrons. The summed E-state index contributed by atoms with van der Waals surface area (Å²) in [5.41, 5.74) is 0.129. The summed E-state index contributed by atoms with van der Waals surface area (Å²) in [5, 5.41) is 2.88. The Labute approximate surface area is 74.1 Å². The number of nitrogens with one attached hydrogen (secondary N) is 1. The average Bonchev–Trinajstić information content (AvgIpc) is 1.98. The molecule has 3 nitrogen and oxygen atoms in total. The van der Waals surface area contributed by atoms with E-state index in [0.29, 0.717) is 6.54 Å². The zero-order valence-electron chi connectivity index (χ0n) is 8.18. The standard InChI is InChI=1S/C9H18N2O/c1-4-5-11-6-8(12)10-7-9(11,2)3/h4-7H2,1-3H3,(H,10,12). The molecule has 70 valence electrons. The van der Waals surface area contributed by atoms with Gasteiger partial charge < -0.3 is 5.32 Å². The Balaban J connectivity index is 2.58. The van der Waals surface area contributed by atoms with Crippen molar-refractivity contribution < 1.29 is 4.79 Å². The van der Waals surface area contributed by atoms with Crippen molar-refractivity contribution in [3.8, 4) is 0 Å². The fourth-order valence-corrected chi connectivity index (χ4v) is 1.52. The van der Waals surface area contributed by atoms with Gasteiger partial charge in [0.05, 0.1) is 6.54 Å². The fourth-order valence-electron chi connectivity index (χ4n) is 1.52. The molecule has 3 heteroatoms. The monoisotopic (exact) mass is 170 g/mol. The smallest absolute Gasteiger partial charge is 0.234 e. The lowest BCUT2D eigenvalue weighted by atomic mass is 10.00. The topological polar surface area (TPSA) is 32.3 Å². The lowest BCUT2D eigenvalue weighted by molar-refractivity contribution is -0.127. The van der Waals surface area contributed by atoms with Gasteiger partial charge in [-0.05, 0) is 26.8 Å². The first-order chi connectivity index (χ1) is 5.56. The Bertz CT molecular complexity index is 177. The van der Waals surface area contributed by atoms with E-state index < -0.39 is 0 Å². The largest absolute Gasteiger partial charge is 0.353 e. The van der Waals surface area contributed by atoms with Crippen molar-refractivity contribution in [1.29, 1.82) is 0 Å². The zero-order chi connectivity index (χ0) is 9.19. The van der Waals surface area contributed by atoms with Gasteiger partial charge in [-0.3, -0.25) is 9.69 Å². The maximum Gasteiger partial charge on any atom is 0.234 e. The van der Waals surface area contributed by atoms with Crippen molar-refractivity contribution in [2.45, 2.75) is 32.7 Å². The van der Waals surface area contributed by atoms with Crippen molar-refractivity contribution in [3.63, 3.8) is 0 Å². The molecule has 0 aliphatic carbocycles. The number of piperazine rings is 1. The van der Waals surface area contributed by atoms with E-state index in [1.807, 2.05) is 0 Å². The summed E-state index contributed by atoms with van der Waals surface area (Å²) in [6, 6.07) is 0. The molecule has 0 aromatic heterocycles. The summed E-state index contributed by atoms with van der Waals surface area (Å²) in [6.45, 7) is 8.82. The molecule has 1 rings (SSSR count). The average molecular weight is 170 g/mol. The summed E-state index contributed by atoms with van der Waals surface area (Å²) in [6.07, 6.45) is 1.11. The fraction of sp³-hybridized carbons (Fsp3) is 0.889. The van der Waals surface area contributed by atoms with Gasteiger partial charge in [-0.25, -0.2) is 0 Å². The van der Waals surface area contributed by atoms with Crippen molar-refractivity contribution in [3.05, 3.63) is 0 Å². The van der Waals surface area contributed by atoms with Crippen molar-refractivity contribution in [1.82, 2.24) is 10.2 Å². The molecule has 1 aliphatic heterocycles. The first kappa shape index (κ1) is 9.52. The SMILES string of the molecule is CCCN1CC(=O)NCC1(C)C. The maximum absolute atomic E-state index is 11.1. The van der Waals surface area contributed by atoms with Gasteiger partial charge >= 0.3 is 0 Å². The molecule has 1 N–H and O–H groups in total. The zero-order valence-corrected chi connectivity index (χ0v) is 8.18. The van der Waals surface area contributed by atoms with Crippen LogP contribution in [0, 0.1) is 0 Å². The van der Waals surface area contributed by atoms with Crippen LogP contribution in [0.25, 0.3) is 0 Å². The third-order valence-electron chi connectivity index (χ3n) is 2.40. The Morgan fingerprint density at radius 2 is 2.25 bits per heavy atom. The normalized spacial score (nSPS) is 23.8. The van der Waals surface area contributed by atoms with Crippen LogP contribution in [0.4, 0.5) is 0 Å². The number of amides is 1. The molecule has 12 heavy (non-hydrogen) atoms. The van der Waals surface area contributed by atoms with E-state index >= 15 is 0 Å². The van der Waals surface area contributed by atoms with Gasteiger partial charge in [-0.2, -0.15) is 0 Å². The highest BCUT2D eigenvalue weighted by Gasteiger charge is 2.31. The van der Waals surface area contributed by atoms with Crippen molar-refractivity contribution >= 4 is 5.91 Å². The molecule has 0 aromatic rings. The number of hydrogen-bond acceptors (Lipinski definition) is 2. The molecule has 1 fully saturated rings. The summed E-state index contributed by atoms with van der Waals surface area (Å²) < 4.78 is 0. The Kier molecular flexibility index (Phi) is 2.73. The first-order valence-corrected chi connectivity index (χ1v) is 4.58. The number of carbonyl (C=O) groups is 1. The van der Waals surface area contributed by atoms with Crippen LogP contribution < -0.4 is 5.32 Å². The molecule has 1 amide bonds. The quantitative estimate of drug-likeness (QED) is 0.658. The highest BCUT2D eigenvalue weighted by molar-refractivity contribution is 5.79. The van der Waals surface area contributed by atoms with Gasteiger partial charge in [-0.15, -0.1) is 0 Å². The highest BCUT2D eigenvalue weighted by Crippen LogP contribution is 2.16. The van der Waals surface area contributed by atoms with E-state index in [-0.39, 0.29) is 11.4 Å². The molecular formula is C9H18N2O. The number of nitrogens with zero attached hydrogens (tertiary/aromatic N) is 1. The summed E-state index contributed by atoms with van der Waals surface area (Å²) >= 11 is 0. The summed E-state index contributed by atoms with van der Waals surface area (Å²) in [7, 11) is 0. The summed E-state index contributed by atoms with van der Waals surface area (Å²) in [5.74, 6) is 0.155. The molecule has 1 heterocycles. The molecule has 0 bridgehead atoms.